The van der Waals surface area contributed by atoms with Gasteiger partial charge in [-0.2, -0.15) is 0 Å². The summed E-state index contributed by atoms with van der Waals surface area (Å²) in [6.45, 7) is 0.0524. The average Bonchev–Trinajstić information content (AvgIpc) is 3.18. The Morgan fingerprint density at radius 3 is 1.25 bits per heavy atom. The molecular weight excluding hydrogens is 660 g/mol. The highest BCUT2D eigenvalue weighted by Crippen LogP contribution is 2.36. The first-order chi connectivity index (χ1) is 25.2. The highest BCUT2D eigenvalue weighted by atomic mass is 16.6. The van der Waals surface area contributed by atoms with E-state index in [0.29, 0.717) is 34.1 Å². The molecule has 0 aliphatic heterocycles. The third kappa shape index (κ3) is 7.78. The highest BCUT2D eigenvalue weighted by molar-refractivity contribution is 6.30. The van der Waals surface area contributed by atoms with Gasteiger partial charge in [0.25, 0.3) is 0 Å². The number of carbonyl (C=O) groups excluding carboxylic acids is 2. The van der Waals surface area contributed by atoms with Gasteiger partial charge in [-0.3, -0.25) is 11.5 Å². The molecule has 52 heavy (non-hydrogen) atoms. The molecule has 0 aliphatic carbocycles. The number of esters is 2. The lowest BCUT2D eigenvalue weighted by Crippen LogP contribution is -2.48. The summed E-state index contributed by atoms with van der Waals surface area (Å²) in [6, 6.07) is 40.6. The molecule has 0 fully saturated rings. The molecule has 2 atom stereocenters. The monoisotopic (exact) mass is 700 g/mol. The van der Waals surface area contributed by atoms with Gasteiger partial charge in [0, 0.05) is 23.6 Å². The summed E-state index contributed by atoms with van der Waals surface area (Å²) in [7, 11) is 2.94. The van der Waals surface area contributed by atoms with Crippen molar-refractivity contribution < 1.29 is 38.0 Å². The van der Waals surface area contributed by atoms with Gasteiger partial charge in [0.2, 0.25) is 0 Å². The molecule has 10 nitrogen and oxygen atoms in total. The van der Waals surface area contributed by atoms with Gasteiger partial charge in [0.1, 0.15) is 23.0 Å². The SMILES string of the molecule is COc1ccccc1C(N)(CCOc1cccc2ccccc12)OC(=O)C(=O)OC(N)(CCOc1cccc2ccccc12)c1ccccc1OC. The first kappa shape index (κ1) is 35.7. The van der Waals surface area contributed by atoms with E-state index in [1.165, 1.54) is 14.2 Å². The maximum atomic E-state index is 13.7. The van der Waals surface area contributed by atoms with Gasteiger partial charge in [-0.15, -0.1) is 0 Å². The van der Waals surface area contributed by atoms with Crippen LogP contribution in [-0.4, -0.2) is 39.4 Å². The van der Waals surface area contributed by atoms with E-state index in [1.807, 2.05) is 84.9 Å². The molecule has 2 unspecified atom stereocenters. The number of methoxy groups -OCH3 is 2. The summed E-state index contributed by atoms with van der Waals surface area (Å²) in [5, 5.41) is 3.82. The zero-order valence-electron chi connectivity index (χ0n) is 29.0. The van der Waals surface area contributed by atoms with E-state index in [2.05, 4.69) is 0 Å². The second-order valence-corrected chi connectivity index (χ2v) is 12.1. The van der Waals surface area contributed by atoms with Gasteiger partial charge in [0.15, 0.2) is 11.4 Å². The van der Waals surface area contributed by atoms with Crippen LogP contribution in [0.3, 0.4) is 0 Å². The highest BCUT2D eigenvalue weighted by Gasteiger charge is 2.41. The van der Waals surface area contributed by atoms with Crippen molar-refractivity contribution in [2.24, 2.45) is 11.5 Å². The fourth-order valence-corrected chi connectivity index (χ4v) is 6.15. The molecule has 0 saturated carbocycles. The van der Waals surface area contributed by atoms with Crippen LogP contribution < -0.4 is 30.4 Å². The molecule has 6 aromatic carbocycles. The van der Waals surface area contributed by atoms with Crippen LogP contribution in [0.2, 0.25) is 0 Å². The molecule has 0 heterocycles. The Bertz CT molecular complexity index is 2020. The third-order valence-corrected chi connectivity index (χ3v) is 8.80. The molecule has 0 amide bonds. The van der Waals surface area contributed by atoms with Crippen molar-refractivity contribution in [3.05, 3.63) is 145 Å². The Labute approximate surface area is 301 Å². The topological polar surface area (TPSA) is 142 Å². The number of benzene rings is 6. The molecular formula is C42H40N2O8. The van der Waals surface area contributed by atoms with Gasteiger partial charge < -0.3 is 28.4 Å². The first-order valence-electron chi connectivity index (χ1n) is 16.8. The second kappa shape index (κ2) is 15.8. The summed E-state index contributed by atoms with van der Waals surface area (Å²) >= 11 is 0. The van der Waals surface area contributed by atoms with Gasteiger partial charge in [-0.25, -0.2) is 9.59 Å². The zero-order chi connectivity index (χ0) is 36.6. The normalized spacial score (nSPS) is 13.4. The van der Waals surface area contributed by atoms with Gasteiger partial charge in [0.05, 0.1) is 38.6 Å². The number of para-hydroxylation sites is 2. The smallest absolute Gasteiger partial charge is 0.419 e. The number of fused-ring (bicyclic) bond motifs is 2. The Morgan fingerprint density at radius 1 is 0.481 bits per heavy atom. The van der Waals surface area contributed by atoms with Crippen molar-refractivity contribution in [3.63, 3.8) is 0 Å². The second-order valence-electron chi connectivity index (χ2n) is 12.1. The zero-order valence-corrected chi connectivity index (χ0v) is 29.0. The predicted octanol–water partition coefficient (Wildman–Crippen LogP) is 6.96. The lowest BCUT2D eigenvalue weighted by Gasteiger charge is -2.33. The van der Waals surface area contributed by atoms with Crippen LogP contribution in [0.1, 0.15) is 24.0 Å². The van der Waals surface area contributed by atoms with Crippen molar-refractivity contribution in [3.8, 4) is 23.0 Å². The molecule has 10 heteroatoms. The van der Waals surface area contributed by atoms with Crippen LogP contribution in [0.4, 0.5) is 0 Å². The maximum Gasteiger partial charge on any atom is 0.419 e. The molecule has 0 spiro atoms. The Kier molecular flexibility index (Phi) is 10.9. The molecule has 6 aromatic rings. The summed E-state index contributed by atoms with van der Waals surface area (Å²) in [5.74, 6) is -0.770. The Hall–Kier alpha value is -6.10. The van der Waals surface area contributed by atoms with E-state index in [9.17, 15) is 9.59 Å². The van der Waals surface area contributed by atoms with Crippen LogP contribution in [0, 0.1) is 0 Å². The van der Waals surface area contributed by atoms with E-state index in [4.69, 9.17) is 39.9 Å². The molecule has 266 valence electrons. The number of ether oxygens (including phenoxy) is 6. The summed E-state index contributed by atoms with van der Waals surface area (Å²) in [5.41, 5.74) is 10.6. The minimum Gasteiger partial charge on any atom is -0.496 e. The molecule has 0 saturated heterocycles. The Morgan fingerprint density at radius 2 is 0.827 bits per heavy atom. The largest absolute Gasteiger partial charge is 0.496 e. The van der Waals surface area contributed by atoms with Crippen LogP contribution in [-0.2, 0) is 30.5 Å². The molecule has 4 N–H and O–H groups in total. The average molecular weight is 701 g/mol. The fraction of sp³-hybridized carbons (Fsp3) is 0.190. The summed E-state index contributed by atoms with van der Waals surface area (Å²) in [6.07, 6.45) is -0.0937. The van der Waals surface area contributed by atoms with Crippen molar-refractivity contribution in [2.75, 3.05) is 27.4 Å². The molecule has 6 rings (SSSR count). The quantitative estimate of drug-likeness (QED) is 0.0696. The van der Waals surface area contributed by atoms with E-state index in [-0.39, 0.29) is 26.1 Å². The number of hydrogen-bond acceptors (Lipinski definition) is 10. The van der Waals surface area contributed by atoms with Crippen LogP contribution >= 0.6 is 0 Å². The van der Waals surface area contributed by atoms with E-state index in [0.717, 1.165) is 21.5 Å². The van der Waals surface area contributed by atoms with Gasteiger partial charge in [-0.1, -0.05) is 97.1 Å². The van der Waals surface area contributed by atoms with Crippen LogP contribution in [0.5, 0.6) is 23.0 Å². The van der Waals surface area contributed by atoms with E-state index < -0.39 is 23.4 Å². The van der Waals surface area contributed by atoms with Gasteiger partial charge in [-0.05, 0) is 47.2 Å². The van der Waals surface area contributed by atoms with E-state index in [1.54, 1.807) is 48.5 Å². The van der Waals surface area contributed by atoms with Gasteiger partial charge >= 0.3 is 11.9 Å². The summed E-state index contributed by atoms with van der Waals surface area (Å²) < 4.78 is 35.0. The van der Waals surface area contributed by atoms with Crippen molar-refractivity contribution in [1.29, 1.82) is 0 Å². The first-order valence-corrected chi connectivity index (χ1v) is 16.8. The van der Waals surface area contributed by atoms with Crippen LogP contribution in [0.15, 0.2) is 133 Å². The lowest BCUT2D eigenvalue weighted by molar-refractivity contribution is -0.189. The van der Waals surface area contributed by atoms with Crippen molar-refractivity contribution in [1.82, 2.24) is 0 Å². The fourth-order valence-electron chi connectivity index (χ4n) is 6.15. The minimum atomic E-state index is -1.87. The Balaban J connectivity index is 1.23. The number of hydrogen-bond donors (Lipinski definition) is 2. The molecule has 0 aliphatic rings. The standard InChI is InChI=1S/C42H40N2O8/c1-47-37-21-9-7-19-33(37)41(43,25-27-49-35-23-11-15-29-13-3-5-17-31(29)35)51-39(45)40(46)52-42(44,34-20-8-10-22-38(34)48-2)26-28-50-36-24-12-16-30-14-4-6-18-32(30)36/h3-24H,25-28,43-44H2,1-2H3. The predicted molar refractivity (Wildman–Crippen MR) is 198 cm³/mol. The van der Waals surface area contributed by atoms with Crippen molar-refractivity contribution in [2.45, 2.75) is 24.3 Å². The lowest BCUT2D eigenvalue weighted by atomic mass is 9.98. The van der Waals surface area contributed by atoms with Crippen LogP contribution in [0.25, 0.3) is 21.5 Å². The molecule has 0 radical (unpaired) electrons. The van der Waals surface area contributed by atoms with Crippen molar-refractivity contribution >= 4 is 33.5 Å². The number of rotatable bonds is 14. The third-order valence-electron chi connectivity index (χ3n) is 8.80. The number of carbonyl (C=O) groups is 2. The molecule has 0 aromatic heterocycles. The minimum absolute atomic E-state index is 0.0262. The maximum absolute atomic E-state index is 13.7. The molecule has 0 bridgehead atoms. The number of nitrogens with two attached hydrogens (primary N) is 2. The summed E-state index contributed by atoms with van der Waals surface area (Å²) in [4.78, 5) is 27.3. The van der Waals surface area contributed by atoms with E-state index >= 15 is 0 Å².